The van der Waals surface area contributed by atoms with Gasteiger partial charge in [0.15, 0.2) is 0 Å². The second-order valence-corrected chi connectivity index (χ2v) is 6.03. The normalized spacial score (nSPS) is 17.3. The molecule has 1 heteroatoms. The maximum absolute atomic E-state index is 5.71. The first-order valence-electron chi connectivity index (χ1n) is 8.62. The lowest BCUT2D eigenvalue weighted by molar-refractivity contribution is 0.124. The van der Waals surface area contributed by atoms with E-state index >= 15 is 0 Å². The van der Waals surface area contributed by atoms with Gasteiger partial charge >= 0.3 is 0 Å². The number of unbranched alkanes of at least 4 members (excludes halogenated alkanes) is 4. The van der Waals surface area contributed by atoms with Crippen LogP contribution in [0.15, 0.2) is 12.2 Å². The van der Waals surface area contributed by atoms with Gasteiger partial charge in [-0.1, -0.05) is 63.5 Å². The van der Waals surface area contributed by atoms with Crippen molar-refractivity contribution in [1.82, 2.24) is 0 Å². The molecule has 0 amide bonds. The van der Waals surface area contributed by atoms with Crippen molar-refractivity contribution in [2.75, 3.05) is 13.2 Å². The third-order valence-corrected chi connectivity index (χ3v) is 4.27. The van der Waals surface area contributed by atoms with Gasteiger partial charge in [0.1, 0.15) is 0 Å². The Bertz CT molecular complexity index is 204. The summed E-state index contributed by atoms with van der Waals surface area (Å²) in [6, 6.07) is 0. The average Bonchev–Trinajstić information content (AvgIpc) is 2.46. The first kappa shape index (κ1) is 16.8. The third kappa shape index (κ3) is 10.2. The quantitative estimate of drug-likeness (QED) is 0.334. The molecule has 0 spiro atoms. The Kier molecular flexibility index (Phi) is 11.2. The van der Waals surface area contributed by atoms with Crippen LogP contribution in [0.5, 0.6) is 0 Å². The smallest absolute Gasteiger partial charge is 0.0466 e. The summed E-state index contributed by atoms with van der Waals surface area (Å²) in [5.74, 6) is 1.04. The monoisotopic (exact) mass is 266 g/mol. The minimum absolute atomic E-state index is 0.971. The molecule has 0 aromatic heterocycles. The van der Waals surface area contributed by atoms with Crippen molar-refractivity contribution in [1.29, 1.82) is 0 Å². The second-order valence-electron chi connectivity index (χ2n) is 6.03. The summed E-state index contributed by atoms with van der Waals surface area (Å²) < 4.78 is 5.71. The molecule has 0 aromatic rings. The molecule has 0 radical (unpaired) electrons. The van der Waals surface area contributed by atoms with Crippen LogP contribution in [0.25, 0.3) is 0 Å². The van der Waals surface area contributed by atoms with Crippen LogP contribution in [0.4, 0.5) is 0 Å². The van der Waals surface area contributed by atoms with E-state index in [9.17, 15) is 0 Å². The fraction of sp³-hybridized carbons (Fsp3) is 0.889. The fourth-order valence-corrected chi connectivity index (χ4v) is 3.02. The van der Waals surface area contributed by atoms with Crippen LogP contribution in [0.2, 0.25) is 0 Å². The molecule has 1 fully saturated rings. The molecule has 0 N–H and O–H groups in total. The molecule has 1 saturated carbocycles. The lowest BCUT2D eigenvalue weighted by Gasteiger charge is -2.21. The molecule has 1 aliphatic rings. The van der Waals surface area contributed by atoms with Crippen molar-refractivity contribution < 1.29 is 4.74 Å². The van der Waals surface area contributed by atoms with Crippen molar-refractivity contribution in [2.24, 2.45) is 5.92 Å². The zero-order valence-corrected chi connectivity index (χ0v) is 13.0. The molecule has 1 aliphatic carbocycles. The van der Waals surface area contributed by atoms with Crippen LogP contribution < -0.4 is 0 Å². The maximum atomic E-state index is 5.71. The first-order valence-corrected chi connectivity index (χ1v) is 8.62. The number of ether oxygens (including phenoxy) is 1. The van der Waals surface area contributed by atoms with Crippen LogP contribution in [-0.4, -0.2) is 13.2 Å². The molecule has 0 aromatic carbocycles. The Morgan fingerprint density at radius 1 is 0.895 bits per heavy atom. The van der Waals surface area contributed by atoms with Gasteiger partial charge in [-0.05, 0) is 38.5 Å². The maximum Gasteiger partial charge on any atom is 0.0466 e. The van der Waals surface area contributed by atoms with E-state index in [1.165, 1.54) is 77.0 Å². The van der Waals surface area contributed by atoms with Crippen LogP contribution in [-0.2, 0) is 4.74 Å². The minimum atomic E-state index is 0.971. The SMILES string of the molecule is CC=CCCCCCOCCCCC1CCCCC1. The van der Waals surface area contributed by atoms with E-state index < -0.39 is 0 Å². The number of rotatable bonds is 11. The average molecular weight is 266 g/mol. The summed E-state index contributed by atoms with van der Waals surface area (Å²) in [6.45, 7) is 4.05. The number of hydrogen-bond acceptors (Lipinski definition) is 1. The molecular weight excluding hydrogens is 232 g/mol. The first-order chi connectivity index (χ1) is 9.43. The summed E-state index contributed by atoms with van der Waals surface area (Å²) in [6.07, 6.45) is 21.0. The zero-order valence-electron chi connectivity index (χ0n) is 13.0. The number of hydrogen-bond donors (Lipinski definition) is 0. The minimum Gasteiger partial charge on any atom is -0.381 e. The van der Waals surface area contributed by atoms with E-state index in [-0.39, 0.29) is 0 Å². The molecule has 0 saturated heterocycles. The highest BCUT2D eigenvalue weighted by molar-refractivity contribution is 4.76. The van der Waals surface area contributed by atoms with E-state index in [1.54, 1.807) is 0 Å². The predicted molar refractivity (Wildman–Crippen MR) is 84.5 cm³/mol. The Morgan fingerprint density at radius 3 is 2.37 bits per heavy atom. The molecule has 0 atom stereocenters. The summed E-state index contributed by atoms with van der Waals surface area (Å²) in [5, 5.41) is 0. The summed E-state index contributed by atoms with van der Waals surface area (Å²) in [5.41, 5.74) is 0. The molecule has 1 rings (SSSR count). The van der Waals surface area contributed by atoms with Crippen molar-refractivity contribution >= 4 is 0 Å². The summed E-state index contributed by atoms with van der Waals surface area (Å²) >= 11 is 0. The summed E-state index contributed by atoms with van der Waals surface area (Å²) in [7, 11) is 0. The van der Waals surface area contributed by atoms with Gasteiger partial charge in [0.25, 0.3) is 0 Å². The molecule has 1 nitrogen and oxygen atoms in total. The largest absolute Gasteiger partial charge is 0.381 e. The topological polar surface area (TPSA) is 9.23 Å². The van der Waals surface area contributed by atoms with Crippen LogP contribution in [0.1, 0.15) is 84.0 Å². The molecule has 0 aliphatic heterocycles. The highest BCUT2D eigenvalue weighted by Gasteiger charge is 2.12. The highest BCUT2D eigenvalue weighted by atomic mass is 16.5. The van der Waals surface area contributed by atoms with E-state index in [0.717, 1.165) is 19.1 Å². The lowest BCUT2D eigenvalue weighted by atomic mass is 9.86. The predicted octanol–water partition coefficient (Wildman–Crippen LogP) is 5.89. The lowest BCUT2D eigenvalue weighted by Crippen LogP contribution is -2.06. The van der Waals surface area contributed by atoms with E-state index in [1.807, 2.05) is 0 Å². The Labute approximate surface area is 120 Å². The van der Waals surface area contributed by atoms with Gasteiger partial charge in [-0.15, -0.1) is 0 Å². The van der Waals surface area contributed by atoms with Gasteiger partial charge in [0.05, 0.1) is 0 Å². The van der Waals surface area contributed by atoms with Crippen LogP contribution in [0.3, 0.4) is 0 Å². The molecule has 0 unspecified atom stereocenters. The summed E-state index contributed by atoms with van der Waals surface area (Å²) in [4.78, 5) is 0. The fourth-order valence-electron chi connectivity index (χ4n) is 3.02. The van der Waals surface area contributed by atoms with Gasteiger partial charge in [-0.25, -0.2) is 0 Å². The van der Waals surface area contributed by atoms with Crippen molar-refractivity contribution in [3.63, 3.8) is 0 Å². The third-order valence-electron chi connectivity index (χ3n) is 4.27. The van der Waals surface area contributed by atoms with Crippen molar-refractivity contribution in [3.8, 4) is 0 Å². The molecule has 112 valence electrons. The highest BCUT2D eigenvalue weighted by Crippen LogP contribution is 2.27. The van der Waals surface area contributed by atoms with E-state index in [2.05, 4.69) is 19.1 Å². The van der Waals surface area contributed by atoms with Crippen molar-refractivity contribution in [2.45, 2.75) is 84.0 Å². The molecule has 0 bridgehead atoms. The Hall–Kier alpha value is -0.300. The number of allylic oxidation sites excluding steroid dienone is 2. The van der Waals surface area contributed by atoms with Gasteiger partial charge in [-0.3, -0.25) is 0 Å². The van der Waals surface area contributed by atoms with E-state index in [4.69, 9.17) is 4.74 Å². The Balaban J connectivity index is 1.73. The van der Waals surface area contributed by atoms with E-state index in [0.29, 0.717) is 0 Å². The van der Waals surface area contributed by atoms with Crippen LogP contribution in [0, 0.1) is 5.92 Å². The standard InChI is InChI=1S/C18H34O/c1-2-3-4-5-6-11-16-19-17-12-10-15-18-13-8-7-9-14-18/h2-3,18H,4-17H2,1H3. The zero-order chi connectivity index (χ0) is 13.6. The van der Waals surface area contributed by atoms with Gasteiger partial charge in [0, 0.05) is 13.2 Å². The molecule has 19 heavy (non-hydrogen) atoms. The van der Waals surface area contributed by atoms with Gasteiger partial charge < -0.3 is 4.74 Å². The van der Waals surface area contributed by atoms with Crippen molar-refractivity contribution in [3.05, 3.63) is 12.2 Å². The second kappa shape index (κ2) is 12.7. The Morgan fingerprint density at radius 2 is 1.63 bits per heavy atom. The molecule has 0 heterocycles. The molecular formula is C18H34O. The van der Waals surface area contributed by atoms with Gasteiger partial charge in [-0.2, -0.15) is 0 Å². The van der Waals surface area contributed by atoms with Gasteiger partial charge in [0.2, 0.25) is 0 Å². The van der Waals surface area contributed by atoms with Crippen LogP contribution >= 0.6 is 0 Å².